The average Bonchev–Trinajstić information content (AvgIpc) is 3.01. The van der Waals surface area contributed by atoms with E-state index in [-0.39, 0.29) is 42.0 Å². The molecule has 2 aromatic rings. The van der Waals surface area contributed by atoms with Gasteiger partial charge < -0.3 is 4.90 Å². The number of hydrogen-bond donors (Lipinski definition) is 0. The Balaban J connectivity index is 1.74. The molecular weight excluding hydrogens is 446 g/mol. The summed E-state index contributed by atoms with van der Waals surface area (Å²) in [6, 6.07) is 5.05. The van der Waals surface area contributed by atoms with Crippen molar-refractivity contribution in [2.45, 2.75) is 45.2 Å². The summed E-state index contributed by atoms with van der Waals surface area (Å²) < 4.78 is 25.9. The number of sulfone groups is 1. The topological polar surface area (TPSA) is 89.3 Å². The lowest BCUT2D eigenvalue weighted by molar-refractivity contribution is -0.133. The molecule has 9 heteroatoms. The number of hydrogen-bond acceptors (Lipinski definition) is 5. The first-order valence-corrected chi connectivity index (χ1v) is 12.1. The summed E-state index contributed by atoms with van der Waals surface area (Å²) in [6.45, 7) is 2.80. The Morgan fingerprint density at radius 1 is 1.39 bits per heavy atom. The van der Waals surface area contributed by atoms with Crippen molar-refractivity contribution in [3.63, 3.8) is 0 Å². The molecule has 1 aromatic carbocycles. The second kappa shape index (κ2) is 8.73. The maximum atomic E-state index is 12.8. The zero-order valence-corrected chi connectivity index (χ0v) is 18.2. The number of rotatable bonds is 7. The summed E-state index contributed by atoms with van der Waals surface area (Å²) in [5.74, 6) is 0.0570. The number of unbranched alkanes of at least 4 members (excludes halogenated alkanes) is 1. The molecule has 2 heterocycles. The highest BCUT2D eigenvalue weighted by atomic mass is 79.9. The van der Waals surface area contributed by atoms with E-state index in [0.717, 1.165) is 17.3 Å². The van der Waals surface area contributed by atoms with Crippen molar-refractivity contribution in [1.29, 1.82) is 0 Å². The van der Waals surface area contributed by atoms with Gasteiger partial charge in [0.2, 0.25) is 5.91 Å². The van der Waals surface area contributed by atoms with Gasteiger partial charge in [0.05, 0.1) is 28.7 Å². The number of aromatic nitrogens is 2. The molecule has 3 rings (SSSR count). The van der Waals surface area contributed by atoms with E-state index in [4.69, 9.17) is 0 Å². The molecule has 0 bridgehead atoms. The highest BCUT2D eigenvalue weighted by Gasteiger charge is 2.34. The van der Waals surface area contributed by atoms with Crippen LogP contribution in [0.1, 0.15) is 32.6 Å². The molecular formula is C19H24BrN3O4S. The monoisotopic (exact) mass is 469 g/mol. The fraction of sp³-hybridized carbons (Fsp3) is 0.526. The second-order valence-electron chi connectivity index (χ2n) is 7.15. The Morgan fingerprint density at radius 3 is 2.86 bits per heavy atom. The van der Waals surface area contributed by atoms with Gasteiger partial charge in [-0.15, -0.1) is 0 Å². The Morgan fingerprint density at radius 2 is 2.18 bits per heavy atom. The number of halogens is 1. The van der Waals surface area contributed by atoms with Gasteiger partial charge in [-0.2, -0.15) is 0 Å². The summed E-state index contributed by atoms with van der Waals surface area (Å²) in [5.41, 5.74) is 0.416. The molecule has 0 radical (unpaired) electrons. The number of benzene rings is 1. The number of amides is 1. The molecule has 0 N–H and O–H groups in total. The zero-order valence-electron chi connectivity index (χ0n) is 15.8. The van der Waals surface area contributed by atoms with Crippen molar-refractivity contribution in [3.05, 3.63) is 39.4 Å². The molecule has 1 aromatic heterocycles. The van der Waals surface area contributed by atoms with Gasteiger partial charge in [-0.3, -0.25) is 14.2 Å². The predicted octanol–water partition coefficient (Wildman–Crippen LogP) is 2.36. The van der Waals surface area contributed by atoms with Gasteiger partial charge in [0.25, 0.3) is 5.56 Å². The van der Waals surface area contributed by atoms with Crippen LogP contribution in [0, 0.1) is 0 Å². The van der Waals surface area contributed by atoms with Gasteiger partial charge >= 0.3 is 0 Å². The molecule has 1 saturated heterocycles. The molecule has 152 valence electrons. The first-order chi connectivity index (χ1) is 13.3. The van der Waals surface area contributed by atoms with E-state index in [2.05, 4.69) is 20.9 Å². The van der Waals surface area contributed by atoms with Crippen molar-refractivity contribution in [2.75, 3.05) is 18.1 Å². The fourth-order valence-corrected chi connectivity index (χ4v) is 5.60. The number of aryl methyl sites for hydroxylation is 1. The van der Waals surface area contributed by atoms with Crippen molar-refractivity contribution in [3.8, 4) is 0 Å². The van der Waals surface area contributed by atoms with E-state index in [1.807, 2.05) is 13.0 Å². The predicted molar refractivity (Wildman–Crippen MR) is 112 cm³/mol. The second-order valence-corrected chi connectivity index (χ2v) is 10.3. The van der Waals surface area contributed by atoms with Crippen molar-refractivity contribution in [1.82, 2.24) is 14.5 Å². The molecule has 1 atom stereocenters. The summed E-state index contributed by atoms with van der Waals surface area (Å²) in [4.78, 5) is 31.5. The van der Waals surface area contributed by atoms with Gasteiger partial charge in [0, 0.05) is 30.0 Å². The quantitative estimate of drug-likeness (QED) is 0.620. The van der Waals surface area contributed by atoms with Crippen LogP contribution in [0.3, 0.4) is 0 Å². The van der Waals surface area contributed by atoms with E-state index >= 15 is 0 Å². The van der Waals surface area contributed by atoms with Crippen LogP contribution in [-0.4, -0.2) is 52.9 Å². The van der Waals surface area contributed by atoms with Gasteiger partial charge in [-0.1, -0.05) is 29.3 Å². The SMILES string of the molecule is CCCCN(C(=O)CCn1cnc2ccc(Br)cc2c1=O)C1CCS(=O)(=O)C1. The Labute approximate surface area is 172 Å². The minimum absolute atomic E-state index is 0.0357. The first kappa shape index (κ1) is 21.0. The maximum absolute atomic E-state index is 12.8. The van der Waals surface area contributed by atoms with Crippen LogP contribution in [0.15, 0.2) is 33.8 Å². The third kappa shape index (κ3) is 4.81. The average molecular weight is 470 g/mol. The molecule has 1 unspecified atom stereocenters. The third-order valence-corrected chi connectivity index (χ3v) is 7.32. The van der Waals surface area contributed by atoms with Crippen LogP contribution < -0.4 is 5.56 Å². The van der Waals surface area contributed by atoms with E-state index in [0.29, 0.717) is 23.9 Å². The van der Waals surface area contributed by atoms with Crippen molar-refractivity contribution >= 4 is 42.6 Å². The summed E-state index contributed by atoms with van der Waals surface area (Å²) in [7, 11) is -3.06. The number of nitrogens with zero attached hydrogens (tertiary/aromatic N) is 3. The smallest absolute Gasteiger partial charge is 0.261 e. The third-order valence-electron chi connectivity index (χ3n) is 5.07. The largest absolute Gasteiger partial charge is 0.339 e. The normalized spacial score (nSPS) is 18.4. The van der Waals surface area contributed by atoms with E-state index < -0.39 is 9.84 Å². The summed E-state index contributed by atoms with van der Waals surface area (Å²) >= 11 is 3.36. The summed E-state index contributed by atoms with van der Waals surface area (Å²) in [6.07, 6.45) is 3.84. The van der Waals surface area contributed by atoms with Crippen LogP contribution in [-0.2, 0) is 21.2 Å². The molecule has 1 amide bonds. The molecule has 0 aliphatic carbocycles. The van der Waals surface area contributed by atoms with Crippen molar-refractivity contribution in [2.24, 2.45) is 0 Å². The van der Waals surface area contributed by atoms with Crippen molar-refractivity contribution < 1.29 is 13.2 Å². The molecule has 1 aliphatic heterocycles. The van der Waals surface area contributed by atoms with E-state index in [1.165, 1.54) is 10.9 Å². The van der Waals surface area contributed by atoms with Gasteiger partial charge in [0.1, 0.15) is 0 Å². The lowest BCUT2D eigenvalue weighted by atomic mass is 10.1. The first-order valence-electron chi connectivity index (χ1n) is 9.45. The minimum atomic E-state index is -3.06. The van der Waals surface area contributed by atoms with Crippen LogP contribution in [0.5, 0.6) is 0 Å². The number of carbonyl (C=O) groups excluding carboxylic acids is 1. The molecule has 0 spiro atoms. The molecule has 1 fully saturated rings. The molecule has 28 heavy (non-hydrogen) atoms. The van der Waals surface area contributed by atoms with Gasteiger partial charge in [-0.05, 0) is 31.0 Å². The highest BCUT2D eigenvalue weighted by molar-refractivity contribution is 9.10. The lowest BCUT2D eigenvalue weighted by Gasteiger charge is -2.28. The van der Waals surface area contributed by atoms with Gasteiger partial charge in [-0.25, -0.2) is 13.4 Å². The molecule has 0 saturated carbocycles. The van der Waals surface area contributed by atoms with E-state index in [1.54, 1.807) is 17.0 Å². The molecule has 1 aliphatic rings. The number of carbonyl (C=O) groups is 1. The van der Waals surface area contributed by atoms with Crippen LogP contribution in [0.25, 0.3) is 10.9 Å². The van der Waals surface area contributed by atoms with Crippen LogP contribution >= 0.6 is 15.9 Å². The van der Waals surface area contributed by atoms with Gasteiger partial charge in [0.15, 0.2) is 9.84 Å². The lowest BCUT2D eigenvalue weighted by Crippen LogP contribution is -2.42. The van der Waals surface area contributed by atoms with Crippen LogP contribution in [0.4, 0.5) is 0 Å². The molecule has 7 nitrogen and oxygen atoms in total. The standard InChI is InChI=1S/C19H24BrN3O4S/c1-2-3-8-23(15-7-10-28(26,27)12-15)18(24)6-9-22-13-21-17-5-4-14(20)11-16(17)19(22)25/h4-5,11,13,15H,2-3,6-10,12H2,1H3. The Hall–Kier alpha value is -1.74. The number of fused-ring (bicyclic) bond motifs is 1. The van der Waals surface area contributed by atoms with E-state index in [9.17, 15) is 18.0 Å². The fourth-order valence-electron chi connectivity index (χ4n) is 3.51. The summed E-state index contributed by atoms with van der Waals surface area (Å²) in [5, 5.41) is 0.494. The Kier molecular flexibility index (Phi) is 6.54. The minimum Gasteiger partial charge on any atom is -0.339 e. The maximum Gasteiger partial charge on any atom is 0.261 e. The highest BCUT2D eigenvalue weighted by Crippen LogP contribution is 2.20. The Bertz CT molecular complexity index is 1040. The van der Waals surface area contributed by atoms with Crippen LogP contribution in [0.2, 0.25) is 0 Å². The zero-order chi connectivity index (χ0) is 20.3.